The normalized spacial score (nSPS) is 13.5. The molecule has 0 aliphatic heterocycles. The third-order valence-corrected chi connectivity index (χ3v) is 6.06. The van der Waals surface area contributed by atoms with Crippen LogP contribution >= 0.6 is 15.9 Å². The first-order chi connectivity index (χ1) is 8.36. The van der Waals surface area contributed by atoms with Gasteiger partial charge in [-0.05, 0) is 40.5 Å². The SMILES string of the molecule is CCS(=O)CCNS(=O)(=O)c1ccc(C)cc1Br. The molecule has 0 radical (unpaired) electrons. The summed E-state index contributed by atoms with van der Waals surface area (Å²) in [6.07, 6.45) is 0. The molecule has 0 bridgehead atoms. The second kappa shape index (κ2) is 6.79. The smallest absolute Gasteiger partial charge is 0.241 e. The number of benzene rings is 1. The van der Waals surface area contributed by atoms with E-state index in [-0.39, 0.29) is 11.4 Å². The Bertz CT molecular complexity index is 543. The van der Waals surface area contributed by atoms with Gasteiger partial charge in [0.25, 0.3) is 0 Å². The first kappa shape index (κ1) is 15.8. The van der Waals surface area contributed by atoms with Crippen molar-refractivity contribution in [3.05, 3.63) is 28.2 Å². The molecule has 1 atom stereocenters. The van der Waals surface area contributed by atoms with Crippen LogP contribution in [0.5, 0.6) is 0 Å². The van der Waals surface area contributed by atoms with E-state index < -0.39 is 20.8 Å². The standard InChI is InChI=1S/C11H16BrNO3S2/c1-3-17(14)7-6-13-18(15,16)11-5-4-9(2)8-10(11)12/h4-5,8,13H,3,6-7H2,1-2H3. The fourth-order valence-electron chi connectivity index (χ4n) is 1.34. The van der Waals surface area contributed by atoms with Crippen molar-refractivity contribution in [3.63, 3.8) is 0 Å². The average molecular weight is 354 g/mol. The van der Waals surface area contributed by atoms with Crippen molar-refractivity contribution in [2.24, 2.45) is 0 Å². The Labute approximate surface area is 119 Å². The second-order valence-corrected chi connectivity index (χ2v) is 8.22. The molecule has 1 aromatic rings. The quantitative estimate of drug-likeness (QED) is 0.847. The lowest BCUT2D eigenvalue weighted by Crippen LogP contribution is -2.28. The molecule has 1 rings (SSSR count). The summed E-state index contributed by atoms with van der Waals surface area (Å²) in [5.74, 6) is 0.870. The van der Waals surface area contributed by atoms with Gasteiger partial charge in [0.1, 0.15) is 0 Å². The van der Waals surface area contributed by atoms with Gasteiger partial charge in [-0.25, -0.2) is 13.1 Å². The van der Waals surface area contributed by atoms with E-state index in [4.69, 9.17) is 0 Å². The van der Waals surface area contributed by atoms with Gasteiger partial charge in [0.15, 0.2) is 0 Å². The first-order valence-corrected chi connectivity index (χ1v) is 9.24. The summed E-state index contributed by atoms with van der Waals surface area (Å²) in [6.45, 7) is 3.88. The zero-order valence-electron chi connectivity index (χ0n) is 10.3. The van der Waals surface area contributed by atoms with Crippen LogP contribution in [0.25, 0.3) is 0 Å². The minimum atomic E-state index is -3.54. The van der Waals surface area contributed by atoms with Gasteiger partial charge in [-0.1, -0.05) is 13.0 Å². The molecule has 102 valence electrons. The molecule has 0 aliphatic rings. The van der Waals surface area contributed by atoms with Crippen molar-refractivity contribution in [1.29, 1.82) is 0 Å². The largest absolute Gasteiger partial charge is 0.260 e. The van der Waals surface area contributed by atoms with Crippen molar-refractivity contribution in [2.45, 2.75) is 18.7 Å². The van der Waals surface area contributed by atoms with Gasteiger partial charge in [0, 0.05) is 33.3 Å². The summed E-state index contributed by atoms with van der Waals surface area (Å²) < 4.78 is 38.2. The molecule has 4 nitrogen and oxygen atoms in total. The lowest BCUT2D eigenvalue weighted by atomic mass is 10.2. The summed E-state index contributed by atoms with van der Waals surface area (Å²) in [7, 11) is -4.51. The number of hydrogen-bond acceptors (Lipinski definition) is 3. The predicted octanol–water partition coefficient (Wildman–Crippen LogP) is 1.80. The van der Waals surface area contributed by atoms with Crippen molar-refractivity contribution in [2.75, 3.05) is 18.1 Å². The molecule has 1 aromatic carbocycles. The van der Waals surface area contributed by atoms with Gasteiger partial charge in [-0.2, -0.15) is 0 Å². The third-order valence-electron chi connectivity index (χ3n) is 2.32. The van der Waals surface area contributed by atoms with Crippen molar-refractivity contribution >= 4 is 36.8 Å². The molecule has 0 amide bonds. The van der Waals surface area contributed by atoms with Crippen LogP contribution in [0.15, 0.2) is 27.6 Å². The van der Waals surface area contributed by atoms with Gasteiger partial charge in [0.05, 0.1) is 4.90 Å². The zero-order chi connectivity index (χ0) is 13.8. The van der Waals surface area contributed by atoms with E-state index in [0.717, 1.165) is 5.56 Å². The van der Waals surface area contributed by atoms with E-state index in [2.05, 4.69) is 20.7 Å². The second-order valence-electron chi connectivity index (χ2n) is 3.76. The predicted molar refractivity (Wildman–Crippen MR) is 77.6 cm³/mol. The summed E-state index contributed by atoms with van der Waals surface area (Å²) in [6, 6.07) is 5.04. The Balaban J connectivity index is 2.77. The Morgan fingerprint density at radius 3 is 2.61 bits per heavy atom. The Morgan fingerprint density at radius 1 is 1.39 bits per heavy atom. The molecule has 0 fully saturated rings. The monoisotopic (exact) mass is 353 g/mol. The first-order valence-electron chi connectivity index (χ1n) is 5.47. The van der Waals surface area contributed by atoms with E-state index in [9.17, 15) is 12.6 Å². The number of rotatable bonds is 6. The third kappa shape index (κ3) is 4.46. The maximum absolute atomic E-state index is 12.0. The maximum Gasteiger partial charge on any atom is 0.241 e. The topological polar surface area (TPSA) is 63.2 Å². The highest BCUT2D eigenvalue weighted by atomic mass is 79.9. The summed E-state index contributed by atoms with van der Waals surface area (Å²) in [5, 5.41) is 0. The Kier molecular flexibility index (Phi) is 5.97. The fraction of sp³-hybridized carbons (Fsp3) is 0.455. The van der Waals surface area contributed by atoms with Crippen LogP contribution in [0.2, 0.25) is 0 Å². The van der Waals surface area contributed by atoms with Crippen molar-refractivity contribution < 1.29 is 12.6 Å². The Morgan fingerprint density at radius 2 is 2.06 bits per heavy atom. The number of hydrogen-bond donors (Lipinski definition) is 1. The van der Waals surface area contributed by atoms with Gasteiger partial charge >= 0.3 is 0 Å². The average Bonchev–Trinajstić information content (AvgIpc) is 2.27. The lowest BCUT2D eigenvalue weighted by Gasteiger charge is -2.08. The van der Waals surface area contributed by atoms with Crippen LogP contribution in [0.4, 0.5) is 0 Å². The fourth-order valence-corrected chi connectivity index (χ4v) is 4.31. The van der Waals surface area contributed by atoms with E-state index >= 15 is 0 Å². The van der Waals surface area contributed by atoms with Gasteiger partial charge in [-0.15, -0.1) is 0 Å². The molecule has 18 heavy (non-hydrogen) atoms. The highest BCUT2D eigenvalue weighted by molar-refractivity contribution is 9.10. The number of halogens is 1. The van der Waals surface area contributed by atoms with E-state index in [1.165, 1.54) is 0 Å². The summed E-state index contributed by atoms with van der Waals surface area (Å²) in [4.78, 5) is 0.204. The van der Waals surface area contributed by atoms with Crippen LogP contribution in [0.1, 0.15) is 12.5 Å². The van der Waals surface area contributed by atoms with E-state index in [1.807, 2.05) is 6.92 Å². The van der Waals surface area contributed by atoms with Gasteiger partial charge in [-0.3, -0.25) is 4.21 Å². The molecular formula is C11H16BrNO3S2. The van der Waals surface area contributed by atoms with Crippen molar-refractivity contribution in [1.82, 2.24) is 4.72 Å². The molecule has 0 saturated carbocycles. The summed E-state index contributed by atoms with van der Waals surface area (Å²) in [5.41, 5.74) is 0.980. The minimum Gasteiger partial charge on any atom is -0.260 e. The lowest BCUT2D eigenvalue weighted by molar-refractivity contribution is 0.583. The molecule has 0 aromatic heterocycles. The molecule has 0 saturated heterocycles. The number of nitrogens with one attached hydrogen (secondary N) is 1. The van der Waals surface area contributed by atoms with Crippen LogP contribution in [-0.2, 0) is 20.8 Å². The van der Waals surface area contributed by atoms with Crippen LogP contribution in [0, 0.1) is 6.92 Å². The van der Waals surface area contributed by atoms with Crippen LogP contribution in [-0.4, -0.2) is 30.7 Å². The highest BCUT2D eigenvalue weighted by Gasteiger charge is 2.17. The highest BCUT2D eigenvalue weighted by Crippen LogP contribution is 2.22. The maximum atomic E-state index is 12.0. The van der Waals surface area contributed by atoms with E-state index in [0.29, 0.717) is 16.0 Å². The van der Waals surface area contributed by atoms with Gasteiger partial charge in [0.2, 0.25) is 10.0 Å². The number of sulfonamides is 1. The number of aryl methyl sites for hydroxylation is 1. The van der Waals surface area contributed by atoms with Gasteiger partial charge < -0.3 is 0 Å². The van der Waals surface area contributed by atoms with Crippen LogP contribution in [0.3, 0.4) is 0 Å². The molecule has 0 heterocycles. The Hall–Kier alpha value is -0.240. The molecule has 1 N–H and O–H groups in total. The van der Waals surface area contributed by atoms with Crippen LogP contribution < -0.4 is 4.72 Å². The molecule has 7 heteroatoms. The minimum absolute atomic E-state index is 0.184. The molecule has 1 unspecified atom stereocenters. The molecule has 0 aliphatic carbocycles. The summed E-state index contributed by atoms with van der Waals surface area (Å²) >= 11 is 3.24. The molecular weight excluding hydrogens is 338 g/mol. The van der Waals surface area contributed by atoms with Crippen molar-refractivity contribution in [3.8, 4) is 0 Å². The molecule has 0 spiro atoms. The van der Waals surface area contributed by atoms with E-state index in [1.54, 1.807) is 25.1 Å². The zero-order valence-corrected chi connectivity index (χ0v) is 13.5.